The molecule has 2 N–H and O–H groups in total. The van der Waals surface area contributed by atoms with E-state index in [9.17, 15) is 14.4 Å². The summed E-state index contributed by atoms with van der Waals surface area (Å²) in [5.41, 5.74) is -0.721. The third kappa shape index (κ3) is 7.28. The monoisotopic (exact) mass is 275 g/mol. The average molecular weight is 275 g/mol. The zero-order chi connectivity index (χ0) is 15.2. The lowest BCUT2D eigenvalue weighted by atomic mass is 10.0. The predicted octanol–water partition coefficient (Wildman–Crippen LogP) is 1.16. The first kappa shape index (κ1) is 17.2. The van der Waals surface area contributed by atoms with Crippen LogP contribution in [0.3, 0.4) is 0 Å². The maximum absolute atomic E-state index is 11.5. The molecule has 0 saturated heterocycles. The fourth-order valence-corrected chi connectivity index (χ4v) is 1.32. The Labute approximate surface area is 112 Å². The Morgan fingerprint density at radius 3 is 2.16 bits per heavy atom. The SMILES string of the molecule is COC(=O)[C@@H](C)C[C@H](NC(=O)OC(C)(C)C)C(=O)O. The lowest BCUT2D eigenvalue weighted by molar-refractivity contribution is -0.146. The number of carboxylic acid groups (broad SMARTS) is 1. The van der Waals surface area contributed by atoms with E-state index in [1.807, 2.05) is 0 Å². The molecule has 110 valence electrons. The second kappa shape index (κ2) is 6.96. The summed E-state index contributed by atoms with van der Waals surface area (Å²) in [6, 6.07) is -1.20. The number of aliphatic carboxylic acids is 1. The van der Waals surface area contributed by atoms with Gasteiger partial charge in [-0.05, 0) is 27.2 Å². The Morgan fingerprint density at radius 2 is 1.79 bits per heavy atom. The first-order valence-electron chi connectivity index (χ1n) is 5.87. The average Bonchev–Trinajstić information content (AvgIpc) is 2.24. The lowest BCUT2D eigenvalue weighted by Crippen LogP contribution is -2.44. The van der Waals surface area contributed by atoms with Gasteiger partial charge >= 0.3 is 18.0 Å². The summed E-state index contributed by atoms with van der Waals surface area (Å²) >= 11 is 0. The highest BCUT2D eigenvalue weighted by molar-refractivity contribution is 5.81. The number of carboxylic acids is 1. The topological polar surface area (TPSA) is 102 Å². The van der Waals surface area contributed by atoms with E-state index in [0.29, 0.717) is 0 Å². The molecule has 1 amide bonds. The smallest absolute Gasteiger partial charge is 0.408 e. The molecule has 0 radical (unpaired) electrons. The van der Waals surface area contributed by atoms with E-state index in [-0.39, 0.29) is 6.42 Å². The Morgan fingerprint density at radius 1 is 1.26 bits per heavy atom. The van der Waals surface area contributed by atoms with E-state index in [1.165, 1.54) is 14.0 Å². The summed E-state index contributed by atoms with van der Waals surface area (Å²) < 4.78 is 9.46. The number of rotatable bonds is 5. The molecule has 0 bridgehead atoms. The van der Waals surface area contributed by atoms with Crippen LogP contribution in [-0.2, 0) is 19.1 Å². The van der Waals surface area contributed by atoms with Crippen LogP contribution in [0.25, 0.3) is 0 Å². The molecule has 0 aromatic heterocycles. The van der Waals surface area contributed by atoms with E-state index in [2.05, 4.69) is 10.1 Å². The van der Waals surface area contributed by atoms with Crippen molar-refractivity contribution < 1.29 is 29.0 Å². The summed E-state index contributed by atoms with van der Waals surface area (Å²) in [6.07, 6.45) is -0.904. The summed E-state index contributed by atoms with van der Waals surface area (Å²) in [6.45, 7) is 6.52. The number of hydrogen-bond acceptors (Lipinski definition) is 5. The summed E-state index contributed by atoms with van der Waals surface area (Å²) in [7, 11) is 1.22. The van der Waals surface area contributed by atoms with Gasteiger partial charge in [-0.1, -0.05) is 6.92 Å². The van der Waals surface area contributed by atoms with Crippen LogP contribution < -0.4 is 5.32 Å². The molecule has 0 aliphatic rings. The number of hydrogen-bond donors (Lipinski definition) is 2. The van der Waals surface area contributed by atoms with Gasteiger partial charge in [0.15, 0.2) is 0 Å². The zero-order valence-corrected chi connectivity index (χ0v) is 11.9. The quantitative estimate of drug-likeness (QED) is 0.730. The molecule has 0 aliphatic carbocycles. The molecule has 19 heavy (non-hydrogen) atoms. The third-order valence-corrected chi connectivity index (χ3v) is 2.18. The number of ether oxygens (including phenoxy) is 2. The molecule has 0 aliphatic heterocycles. The van der Waals surface area contributed by atoms with Gasteiger partial charge < -0.3 is 19.9 Å². The molecule has 0 rings (SSSR count). The van der Waals surface area contributed by atoms with Crippen molar-refractivity contribution in [2.75, 3.05) is 7.11 Å². The maximum atomic E-state index is 11.5. The highest BCUT2D eigenvalue weighted by Crippen LogP contribution is 2.11. The zero-order valence-electron chi connectivity index (χ0n) is 11.9. The summed E-state index contributed by atoms with van der Waals surface area (Å²) in [5, 5.41) is 11.2. The van der Waals surface area contributed by atoms with E-state index in [0.717, 1.165) is 0 Å². The number of amides is 1. The van der Waals surface area contributed by atoms with Crippen molar-refractivity contribution in [3.63, 3.8) is 0 Å². The second-order valence-electron chi connectivity index (χ2n) is 5.20. The Kier molecular flexibility index (Phi) is 6.31. The standard InChI is InChI=1S/C12H21NO6/c1-7(10(16)18-5)6-8(9(14)15)13-11(17)19-12(2,3)4/h7-8H,6H2,1-5H3,(H,13,17)(H,14,15)/t7-,8-/m0/s1. The largest absolute Gasteiger partial charge is 0.480 e. The first-order valence-corrected chi connectivity index (χ1v) is 5.87. The third-order valence-electron chi connectivity index (χ3n) is 2.18. The molecule has 2 atom stereocenters. The molecule has 0 aromatic rings. The fraction of sp³-hybridized carbons (Fsp3) is 0.750. The molecular formula is C12H21NO6. The van der Waals surface area contributed by atoms with E-state index in [1.54, 1.807) is 20.8 Å². The van der Waals surface area contributed by atoms with Gasteiger partial charge in [0.25, 0.3) is 0 Å². The van der Waals surface area contributed by atoms with Crippen LogP contribution in [0.4, 0.5) is 4.79 Å². The van der Waals surface area contributed by atoms with Crippen LogP contribution in [0.2, 0.25) is 0 Å². The first-order chi connectivity index (χ1) is 8.56. The van der Waals surface area contributed by atoms with Gasteiger partial charge in [-0.15, -0.1) is 0 Å². The van der Waals surface area contributed by atoms with Crippen LogP contribution in [0.15, 0.2) is 0 Å². The molecule has 0 unspecified atom stereocenters. The summed E-state index contributed by atoms with van der Waals surface area (Å²) in [4.78, 5) is 33.7. The van der Waals surface area contributed by atoms with E-state index < -0.39 is 35.6 Å². The van der Waals surface area contributed by atoms with Crippen molar-refractivity contribution in [1.29, 1.82) is 0 Å². The van der Waals surface area contributed by atoms with Crippen LogP contribution in [0.5, 0.6) is 0 Å². The number of nitrogens with one attached hydrogen (secondary N) is 1. The normalized spacial score (nSPS) is 14.2. The van der Waals surface area contributed by atoms with Gasteiger partial charge in [0.05, 0.1) is 13.0 Å². The number of esters is 1. The van der Waals surface area contributed by atoms with Crippen molar-refractivity contribution in [2.45, 2.75) is 45.8 Å². The molecule has 0 spiro atoms. The van der Waals surface area contributed by atoms with Gasteiger partial charge in [0.1, 0.15) is 11.6 Å². The fourth-order valence-electron chi connectivity index (χ4n) is 1.32. The van der Waals surface area contributed by atoms with E-state index in [4.69, 9.17) is 9.84 Å². The highest BCUT2D eigenvalue weighted by Gasteiger charge is 2.28. The number of carbonyl (C=O) groups is 3. The van der Waals surface area contributed by atoms with Crippen molar-refractivity contribution in [3.8, 4) is 0 Å². The van der Waals surface area contributed by atoms with Crippen molar-refractivity contribution >= 4 is 18.0 Å². The molecular weight excluding hydrogens is 254 g/mol. The molecule has 7 nitrogen and oxygen atoms in total. The van der Waals surface area contributed by atoms with Gasteiger partial charge in [0.2, 0.25) is 0 Å². The number of alkyl carbamates (subject to hydrolysis) is 1. The molecule has 0 aromatic carbocycles. The minimum atomic E-state index is -1.23. The molecule has 7 heteroatoms. The minimum absolute atomic E-state index is 0.0682. The number of methoxy groups -OCH3 is 1. The lowest BCUT2D eigenvalue weighted by Gasteiger charge is -2.22. The van der Waals surface area contributed by atoms with E-state index >= 15 is 0 Å². The Hall–Kier alpha value is -1.79. The highest BCUT2D eigenvalue weighted by atomic mass is 16.6. The van der Waals surface area contributed by atoms with Crippen molar-refractivity contribution in [2.24, 2.45) is 5.92 Å². The van der Waals surface area contributed by atoms with Crippen molar-refractivity contribution in [1.82, 2.24) is 5.32 Å². The second-order valence-corrected chi connectivity index (χ2v) is 5.20. The number of carbonyl (C=O) groups excluding carboxylic acids is 2. The summed E-state index contributed by atoms with van der Waals surface area (Å²) in [5.74, 6) is -2.40. The van der Waals surface area contributed by atoms with Crippen LogP contribution in [0, 0.1) is 5.92 Å². The van der Waals surface area contributed by atoms with Gasteiger partial charge in [-0.25, -0.2) is 9.59 Å². The van der Waals surface area contributed by atoms with Gasteiger partial charge in [-0.2, -0.15) is 0 Å². The van der Waals surface area contributed by atoms with Gasteiger partial charge in [0, 0.05) is 0 Å². The Bertz CT molecular complexity index is 347. The minimum Gasteiger partial charge on any atom is -0.480 e. The van der Waals surface area contributed by atoms with Crippen molar-refractivity contribution in [3.05, 3.63) is 0 Å². The van der Waals surface area contributed by atoms with Crippen LogP contribution >= 0.6 is 0 Å². The Balaban J connectivity index is 4.55. The van der Waals surface area contributed by atoms with Crippen LogP contribution in [0.1, 0.15) is 34.1 Å². The molecule has 0 heterocycles. The predicted molar refractivity (Wildman–Crippen MR) is 66.6 cm³/mol. The van der Waals surface area contributed by atoms with Crippen LogP contribution in [-0.4, -0.2) is 41.9 Å². The van der Waals surface area contributed by atoms with Gasteiger partial charge in [-0.3, -0.25) is 4.79 Å². The molecule has 0 fully saturated rings. The molecule has 0 saturated carbocycles. The maximum Gasteiger partial charge on any atom is 0.408 e.